The first kappa shape index (κ1) is 13.4. The number of fused-ring (bicyclic) bond motifs is 1. The third-order valence-electron chi connectivity index (χ3n) is 2.81. The van der Waals surface area contributed by atoms with Gasteiger partial charge in [-0.2, -0.15) is 0 Å². The van der Waals surface area contributed by atoms with Gasteiger partial charge in [-0.3, -0.25) is 0 Å². The van der Waals surface area contributed by atoms with Gasteiger partial charge in [0.1, 0.15) is 17.4 Å². The number of hydrogen-bond acceptors (Lipinski definition) is 3. The molecule has 1 atom stereocenters. The van der Waals surface area contributed by atoms with Crippen molar-refractivity contribution in [1.82, 2.24) is 0 Å². The van der Waals surface area contributed by atoms with Crippen molar-refractivity contribution in [2.24, 2.45) is 0 Å². The molecule has 0 spiro atoms. The van der Waals surface area contributed by atoms with Crippen LogP contribution in [0.2, 0.25) is 0 Å². The molecule has 1 unspecified atom stereocenters. The molecule has 100 valence electrons. The summed E-state index contributed by atoms with van der Waals surface area (Å²) in [7, 11) is 1.58. The van der Waals surface area contributed by atoms with Crippen molar-refractivity contribution >= 4 is 16.7 Å². The largest absolute Gasteiger partial charge is 0.487 e. The molecule has 0 fully saturated rings. The topological polar surface area (TPSA) is 55.8 Å². The lowest BCUT2D eigenvalue weighted by molar-refractivity contribution is 0.0674. The van der Waals surface area contributed by atoms with E-state index in [0.717, 1.165) is 10.8 Å². The molecule has 2 rings (SSSR count). The highest BCUT2D eigenvalue weighted by Gasteiger charge is 2.15. The van der Waals surface area contributed by atoms with E-state index in [1.165, 1.54) is 0 Å². The van der Waals surface area contributed by atoms with Gasteiger partial charge in [-0.25, -0.2) is 4.79 Å². The van der Waals surface area contributed by atoms with E-state index in [9.17, 15) is 9.90 Å². The Labute approximate surface area is 111 Å². The van der Waals surface area contributed by atoms with E-state index >= 15 is 0 Å². The molecule has 0 saturated heterocycles. The third-order valence-corrected chi connectivity index (χ3v) is 2.81. The number of aromatic carboxylic acids is 1. The quantitative estimate of drug-likeness (QED) is 0.898. The fraction of sp³-hybridized carbons (Fsp3) is 0.267. The smallest absolute Gasteiger partial charge is 0.339 e. The maximum Gasteiger partial charge on any atom is 0.339 e. The van der Waals surface area contributed by atoms with Crippen LogP contribution in [0.5, 0.6) is 5.75 Å². The summed E-state index contributed by atoms with van der Waals surface area (Å²) in [5.74, 6) is -0.624. The molecule has 0 aliphatic heterocycles. The van der Waals surface area contributed by atoms with E-state index in [2.05, 4.69) is 0 Å². The van der Waals surface area contributed by atoms with E-state index in [4.69, 9.17) is 9.47 Å². The van der Waals surface area contributed by atoms with Crippen LogP contribution in [-0.4, -0.2) is 30.9 Å². The zero-order valence-electron chi connectivity index (χ0n) is 10.9. The summed E-state index contributed by atoms with van der Waals surface area (Å²) in [4.78, 5) is 11.3. The highest BCUT2D eigenvalue weighted by molar-refractivity contribution is 5.97. The van der Waals surface area contributed by atoms with Gasteiger partial charge < -0.3 is 14.6 Å². The molecule has 0 aliphatic rings. The third kappa shape index (κ3) is 3.03. The summed E-state index contributed by atoms with van der Waals surface area (Å²) in [5.41, 5.74) is 0.168. The minimum Gasteiger partial charge on any atom is -0.487 e. The van der Waals surface area contributed by atoms with Crippen LogP contribution in [0.25, 0.3) is 10.8 Å². The Bertz CT molecular complexity index is 592. The Kier molecular flexibility index (Phi) is 4.02. The molecule has 2 aromatic rings. The van der Waals surface area contributed by atoms with Gasteiger partial charge in [0, 0.05) is 7.11 Å². The van der Waals surface area contributed by atoms with Crippen LogP contribution in [0.4, 0.5) is 0 Å². The van der Waals surface area contributed by atoms with E-state index in [-0.39, 0.29) is 11.7 Å². The second kappa shape index (κ2) is 5.71. The predicted octanol–water partition coefficient (Wildman–Crippen LogP) is 2.95. The van der Waals surface area contributed by atoms with Gasteiger partial charge in [0.2, 0.25) is 0 Å². The van der Waals surface area contributed by atoms with Crippen molar-refractivity contribution in [3.63, 3.8) is 0 Å². The molecule has 0 radical (unpaired) electrons. The minimum atomic E-state index is -0.995. The van der Waals surface area contributed by atoms with Crippen molar-refractivity contribution in [3.8, 4) is 5.75 Å². The van der Waals surface area contributed by atoms with Gasteiger partial charge in [0.05, 0.1) is 6.61 Å². The summed E-state index contributed by atoms with van der Waals surface area (Å²) >= 11 is 0. The fourth-order valence-electron chi connectivity index (χ4n) is 1.97. The van der Waals surface area contributed by atoms with Gasteiger partial charge in [0.15, 0.2) is 0 Å². The normalized spacial score (nSPS) is 12.3. The number of carboxylic acids is 1. The number of carboxylic acid groups (broad SMARTS) is 1. The van der Waals surface area contributed by atoms with Crippen molar-refractivity contribution in [2.45, 2.75) is 13.0 Å². The van der Waals surface area contributed by atoms with Crippen LogP contribution >= 0.6 is 0 Å². The van der Waals surface area contributed by atoms with Crippen molar-refractivity contribution in [2.75, 3.05) is 13.7 Å². The number of rotatable bonds is 5. The van der Waals surface area contributed by atoms with Gasteiger partial charge >= 0.3 is 5.97 Å². The average molecular weight is 260 g/mol. The first-order valence-electron chi connectivity index (χ1n) is 6.03. The van der Waals surface area contributed by atoms with Gasteiger partial charge in [0.25, 0.3) is 0 Å². The zero-order valence-corrected chi connectivity index (χ0v) is 10.9. The van der Waals surface area contributed by atoms with Gasteiger partial charge in [-0.05, 0) is 29.8 Å². The van der Waals surface area contributed by atoms with E-state index in [1.54, 1.807) is 19.2 Å². The van der Waals surface area contributed by atoms with Gasteiger partial charge in [-0.15, -0.1) is 0 Å². The molecule has 2 aromatic carbocycles. The van der Waals surface area contributed by atoms with Crippen molar-refractivity contribution < 1.29 is 19.4 Å². The molecule has 0 amide bonds. The molecule has 0 aliphatic carbocycles. The lowest BCUT2D eigenvalue weighted by atomic mass is 10.1. The van der Waals surface area contributed by atoms with Crippen LogP contribution in [0, 0.1) is 0 Å². The summed E-state index contributed by atoms with van der Waals surface area (Å²) in [6.07, 6.45) is -0.204. The first-order chi connectivity index (χ1) is 9.11. The number of benzene rings is 2. The average Bonchev–Trinajstić information content (AvgIpc) is 2.38. The standard InChI is InChI=1S/C15H16O4/c1-10(9-18-2)19-14-8-12-6-4-3-5-11(12)7-13(14)15(16)17/h3-8,10H,9H2,1-2H3,(H,16,17). The van der Waals surface area contributed by atoms with Crippen LogP contribution in [0.15, 0.2) is 36.4 Å². The summed E-state index contributed by atoms with van der Waals surface area (Å²) in [5, 5.41) is 11.1. The molecule has 0 heterocycles. The fourth-order valence-corrected chi connectivity index (χ4v) is 1.97. The number of hydrogen-bond donors (Lipinski definition) is 1. The Morgan fingerprint density at radius 2 is 1.89 bits per heavy atom. The first-order valence-corrected chi connectivity index (χ1v) is 6.03. The monoisotopic (exact) mass is 260 g/mol. The second-order valence-electron chi connectivity index (χ2n) is 4.38. The van der Waals surface area contributed by atoms with Crippen LogP contribution in [-0.2, 0) is 4.74 Å². The van der Waals surface area contributed by atoms with E-state index in [0.29, 0.717) is 12.4 Å². The lowest BCUT2D eigenvalue weighted by Crippen LogP contribution is -2.19. The molecular formula is C15H16O4. The summed E-state index contributed by atoms with van der Waals surface area (Å²) in [6, 6.07) is 11.0. The van der Waals surface area contributed by atoms with Crippen molar-refractivity contribution in [3.05, 3.63) is 42.0 Å². The maximum absolute atomic E-state index is 11.3. The van der Waals surface area contributed by atoms with E-state index < -0.39 is 5.97 Å². The van der Waals surface area contributed by atoms with E-state index in [1.807, 2.05) is 31.2 Å². The lowest BCUT2D eigenvalue weighted by Gasteiger charge is -2.16. The van der Waals surface area contributed by atoms with Crippen molar-refractivity contribution in [1.29, 1.82) is 0 Å². The molecule has 0 aromatic heterocycles. The molecule has 4 heteroatoms. The molecular weight excluding hydrogens is 244 g/mol. The SMILES string of the molecule is COCC(C)Oc1cc2ccccc2cc1C(=O)O. The molecule has 0 bridgehead atoms. The molecule has 4 nitrogen and oxygen atoms in total. The highest BCUT2D eigenvalue weighted by Crippen LogP contribution is 2.27. The van der Waals surface area contributed by atoms with Crippen LogP contribution in [0.1, 0.15) is 17.3 Å². The maximum atomic E-state index is 11.3. The molecule has 19 heavy (non-hydrogen) atoms. The molecule has 0 saturated carbocycles. The van der Waals surface area contributed by atoms with Gasteiger partial charge in [-0.1, -0.05) is 24.3 Å². The highest BCUT2D eigenvalue weighted by atomic mass is 16.5. The number of carbonyl (C=O) groups is 1. The minimum absolute atomic E-state index is 0.168. The Morgan fingerprint density at radius 3 is 2.47 bits per heavy atom. The number of methoxy groups -OCH3 is 1. The number of ether oxygens (including phenoxy) is 2. The van der Waals surface area contributed by atoms with Crippen LogP contribution in [0.3, 0.4) is 0 Å². The Hall–Kier alpha value is -2.07. The summed E-state index contributed by atoms with van der Waals surface area (Å²) < 4.78 is 10.6. The second-order valence-corrected chi connectivity index (χ2v) is 4.38. The molecule has 1 N–H and O–H groups in total. The Morgan fingerprint density at radius 1 is 1.26 bits per heavy atom. The Balaban J connectivity index is 2.44. The predicted molar refractivity (Wildman–Crippen MR) is 72.9 cm³/mol. The summed E-state index contributed by atoms with van der Waals surface area (Å²) in [6.45, 7) is 2.25. The zero-order chi connectivity index (χ0) is 13.8. The van der Waals surface area contributed by atoms with Crippen LogP contribution < -0.4 is 4.74 Å².